The van der Waals surface area contributed by atoms with Crippen LogP contribution in [0.5, 0.6) is 0 Å². The fraction of sp³-hybridized carbons (Fsp3) is 0.368. The van der Waals surface area contributed by atoms with Crippen molar-refractivity contribution < 1.29 is 9.18 Å². The number of nitrogens with zero attached hydrogens (tertiary/aromatic N) is 2. The third-order valence-electron chi connectivity index (χ3n) is 4.48. The Bertz CT molecular complexity index is 710. The third-order valence-corrected chi connectivity index (χ3v) is 4.48. The first-order valence-electron chi connectivity index (χ1n) is 8.60. The van der Waals surface area contributed by atoms with E-state index in [0.29, 0.717) is 12.2 Å². The van der Waals surface area contributed by atoms with E-state index in [0.717, 1.165) is 24.9 Å². The summed E-state index contributed by atoms with van der Waals surface area (Å²) in [6.07, 6.45) is 5.25. The summed E-state index contributed by atoms with van der Waals surface area (Å²) in [7, 11) is 0. The molecule has 1 aromatic heterocycles. The van der Waals surface area contributed by atoms with Crippen molar-refractivity contribution in [1.82, 2.24) is 15.6 Å². The maximum absolute atomic E-state index is 14.0. The second-order valence-corrected chi connectivity index (χ2v) is 6.36. The largest absolute Gasteiger partial charge is 0.367 e. The van der Waals surface area contributed by atoms with Crippen molar-refractivity contribution in [3.05, 3.63) is 60.2 Å². The highest BCUT2D eigenvalue weighted by molar-refractivity contribution is 5.74. The van der Waals surface area contributed by atoms with Gasteiger partial charge in [0.05, 0.1) is 11.7 Å². The van der Waals surface area contributed by atoms with Crippen molar-refractivity contribution in [3.8, 4) is 0 Å². The smallest absolute Gasteiger partial charge is 0.315 e. The Labute approximate surface area is 147 Å². The molecule has 0 saturated carbocycles. The summed E-state index contributed by atoms with van der Waals surface area (Å²) in [6, 6.07) is 10.2. The Morgan fingerprint density at radius 1 is 1.32 bits per heavy atom. The molecule has 0 radical (unpaired) electrons. The number of carbonyl (C=O) groups excluding carboxylic acids is 1. The van der Waals surface area contributed by atoms with Crippen molar-refractivity contribution in [2.75, 3.05) is 18.0 Å². The van der Waals surface area contributed by atoms with Gasteiger partial charge in [-0.3, -0.25) is 4.98 Å². The van der Waals surface area contributed by atoms with Crippen LogP contribution in [0.3, 0.4) is 0 Å². The first-order valence-corrected chi connectivity index (χ1v) is 8.60. The zero-order valence-electron chi connectivity index (χ0n) is 14.3. The first kappa shape index (κ1) is 17.2. The van der Waals surface area contributed by atoms with Crippen LogP contribution in [-0.2, 0) is 0 Å². The van der Waals surface area contributed by atoms with Gasteiger partial charge in [-0.2, -0.15) is 0 Å². The number of hydrogen-bond acceptors (Lipinski definition) is 3. The fourth-order valence-corrected chi connectivity index (χ4v) is 3.16. The second kappa shape index (κ2) is 7.96. The van der Waals surface area contributed by atoms with Gasteiger partial charge in [0.15, 0.2) is 0 Å². The molecule has 1 aliphatic rings. The quantitative estimate of drug-likeness (QED) is 0.897. The SMILES string of the molecule is C[C@@H](NC(=O)N[C@@H]1CCCN(c2ccccc2F)C1)c1cccnc1. The van der Waals surface area contributed by atoms with Gasteiger partial charge in [-0.15, -0.1) is 0 Å². The molecule has 1 aliphatic heterocycles. The molecule has 1 saturated heterocycles. The van der Waals surface area contributed by atoms with Crippen molar-refractivity contribution in [3.63, 3.8) is 0 Å². The highest BCUT2D eigenvalue weighted by atomic mass is 19.1. The molecule has 1 aromatic carbocycles. The van der Waals surface area contributed by atoms with Gasteiger partial charge in [0, 0.05) is 31.5 Å². The summed E-state index contributed by atoms with van der Waals surface area (Å²) in [5, 5.41) is 5.93. The molecule has 6 heteroatoms. The van der Waals surface area contributed by atoms with Crippen molar-refractivity contribution in [1.29, 1.82) is 0 Å². The van der Waals surface area contributed by atoms with Crippen LogP contribution in [0.15, 0.2) is 48.8 Å². The van der Waals surface area contributed by atoms with Crippen molar-refractivity contribution in [2.24, 2.45) is 0 Å². The highest BCUT2D eigenvalue weighted by Gasteiger charge is 2.23. The second-order valence-electron chi connectivity index (χ2n) is 6.36. The number of halogens is 1. The van der Waals surface area contributed by atoms with Crippen LogP contribution in [-0.4, -0.2) is 30.1 Å². The number of urea groups is 1. The van der Waals surface area contributed by atoms with Gasteiger partial charge in [-0.1, -0.05) is 18.2 Å². The number of piperidine rings is 1. The molecule has 3 rings (SSSR count). The molecule has 1 fully saturated rings. The normalized spacial score (nSPS) is 18.5. The number of rotatable bonds is 4. The number of para-hydroxylation sites is 1. The minimum Gasteiger partial charge on any atom is -0.367 e. The Morgan fingerprint density at radius 2 is 2.16 bits per heavy atom. The van der Waals surface area contributed by atoms with E-state index < -0.39 is 0 Å². The fourth-order valence-electron chi connectivity index (χ4n) is 3.16. The molecule has 0 aliphatic carbocycles. The van der Waals surface area contributed by atoms with Gasteiger partial charge in [-0.25, -0.2) is 9.18 Å². The molecule has 2 aromatic rings. The van der Waals surface area contributed by atoms with Crippen molar-refractivity contribution >= 4 is 11.7 Å². The van der Waals surface area contributed by atoms with E-state index in [1.54, 1.807) is 24.5 Å². The summed E-state index contributed by atoms with van der Waals surface area (Å²) >= 11 is 0. The van der Waals surface area contributed by atoms with E-state index in [-0.39, 0.29) is 23.9 Å². The lowest BCUT2D eigenvalue weighted by Gasteiger charge is -2.35. The standard InChI is InChI=1S/C19H23FN4O/c1-14(15-6-4-10-21-12-15)22-19(25)23-16-7-5-11-24(13-16)18-9-3-2-8-17(18)20/h2-4,6,8-10,12,14,16H,5,7,11,13H2,1H3,(H2,22,23,25)/t14-,16-/m1/s1. The predicted octanol–water partition coefficient (Wildman–Crippen LogP) is 3.25. The molecule has 2 amide bonds. The maximum Gasteiger partial charge on any atom is 0.315 e. The molecule has 0 unspecified atom stereocenters. The molecule has 0 bridgehead atoms. The first-order chi connectivity index (χ1) is 12.1. The van der Waals surface area contributed by atoms with Crippen LogP contribution in [0.25, 0.3) is 0 Å². The average Bonchev–Trinajstić information content (AvgIpc) is 2.63. The minimum atomic E-state index is -0.224. The lowest BCUT2D eigenvalue weighted by molar-refractivity contribution is 0.232. The number of nitrogens with one attached hydrogen (secondary N) is 2. The number of benzene rings is 1. The van der Waals surface area contributed by atoms with Crippen LogP contribution in [0.1, 0.15) is 31.4 Å². The Hall–Kier alpha value is -2.63. The number of anilines is 1. The summed E-state index contributed by atoms with van der Waals surface area (Å²) < 4.78 is 14.0. The lowest BCUT2D eigenvalue weighted by atomic mass is 10.0. The molecule has 2 heterocycles. The number of hydrogen-bond donors (Lipinski definition) is 2. The van der Waals surface area contributed by atoms with Gasteiger partial charge in [0.1, 0.15) is 5.82 Å². The maximum atomic E-state index is 14.0. The van der Waals surface area contributed by atoms with E-state index in [9.17, 15) is 9.18 Å². The number of pyridine rings is 1. The van der Waals surface area contributed by atoms with Crippen molar-refractivity contribution in [2.45, 2.75) is 31.8 Å². The van der Waals surface area contributed by atoms with Gasteiger partial charge in [0.2, 0.25) is 0 Å². The summed E-state index contributed by atoms with van der Waals surface area (Å²) in [5.41, 5.74) is 1.55. The van der Waals surface area contributed by atoms with Gasteiger partial charge in [0.25, 0.3) is 0 Å². The summed E-state index contributed by atoms with van der Waals surface area (Å²) in [6.45, 7) is 3.32. The van der Waals surface area contributed by atoms with E-state index in [1.807, 2.05) is 30.0 Å². The molecule has 5 nitrogen and oxygen atoms in total. The molecular weight excluding hydrogens is 319 g/mol. The highest BCUT2D eigenvalue weighted by Crippen LogP contribution is 2.23. The van der Waals surface area contributed by atoms with Crippen LogP contribution >= 0.6 is 0 Å². The summed E-state index contributed by atoms with van der Waals surface area (Å²) in [5.74, 6) is -0.224. The van der Waals surface area contributed by atoms with Crippen LogP contribution in [0, 0.1) is 5.82 Å². The zero-order chi connectivity index (χ0) is 17.6. The minimum absolute atomic E-state index is 0.00513. The van der Waals surface area contributed by atoms with Gasteiger partial charge in [-0.05, 0) is 43.5 Å². The number of carbonyl (C=O) groups is 1. The van der Waals surface area contributed by atoms with E-state index in [4.69, 9.17) is 0 Å². The summed E-state index contributed by atoms with van der Waals surface area (Å²) in [4.78, 5) is 18.3. The topological polar surface area (TPSA) is 57.3 Å². The number of aromatic nitrogens is 1. The number of amides is 2. The lowest BCUT2D eigenvalue weighted by Crippen LogP contribution is -2.51. The van der Waals surface area contributed by atoms with Gasteiger partial charge < -0.3 is 15.5 Å². The third kappa shape index (κ3) is 4.47. The Balaban J connectivity index is 1.55. The molecule has 0 spiro atoms. The monoisotopic (exact) mass is 342 g/mol. The Morgan fingerprint density at radius 3 is 2.92 bits per heavy atom. The van der Waals surface area contributed by atoms with E-state index in [1.165, 1.54) is 6.07 Å². The molecule has 25 heavy (non-hydrogen) atoms. The van der Waals surface area contributed by atoms with Crippen LogP contribution in [0.4, 0.5) is 14.9 Å². The zero-order valence-corrected chi connectivity index (χ0v) is 14.3. The molecule has 2 N–H and O–H groups in total. The van der Waals surface area contributed by atoms with Crippen LogP contribution in [0.2, 0.25) is 0 Å². The molecule has 2 atom stereocenters. The van der Waals surface area contributed by atoms with Gasteiger partial charge >= 0.3 is 6.03 Å². The predicted molar refractivity (Wildman–Crippen MR) is 96.0 cm³/mol. The van der Waals surface area contributed by atoms with Crippen LogP contribution < -0.4 is 15.5 Å². The van der Waals surface area contributed by atoms with E-state index >= 15 is 0 Å². The average molecular weight is 342 g/mol. The van der Waals surface area contributed by atoms with E-state index in [2.05, 4.69) is 15.6 Å². The molecular formula is C19H23FN4O. The Kier molecular flexibility index (Phi) is 5.48. The molecule has 132 valence electrons.